The summed E-state index contributed by atoms with van der Waals surface area (Å²) in [4.78, 5) is 0. The van der Waals surface area contributed by atoms with Crippen LogP contribution < -0.4 is 0 Å². The zero-order chi connectivity index (χ0) is 12.6. The lowest BCUT2D eigenvalue weighted by Gasteiger charge is -2.42. The lowest BCUT2D eigenvalue weighted by Crippen LogP contribution is -2.51. The predicted octanol–water partition coefficient (Wildman–Crippen LogP) is 2.67. The van der Waals surface area contributed by atoms with Crippen molar-refractivity contribution in [1.29, 1.82) is 0 Å². The second-order valence-electron chi connectivity index (χ2n) is 6.00. The van der Waals surface area contributed by atoms with E-state index in [2.05, 4.69) is 33.9 Å². The lowest BCUT2D eigenvalue weighted by molar-refractivity contribution is -0.0467. The topological polar surface area (TPSA) is 38.7 Å². The van der Waals surface area contributed by atoms with Crippen LogP contribution in [0.15, 0.2) is 12.3 Å². The Morgan fingerprint density at radius 1 is 1.31 bits per heavy atom. The molecule has 0 aromatic rings. The summed E-state index contributed by atoms with van der Waals surface area (Å²) >= 11 is 0. The first-order valence-corrected chi connectivity index (χ1v) is 8.74. The Morgan fingerprint density at radius 3 is 2.31 bits per heavy atom. The molecule has 3 atom stereocenters. The minimum absolute atomic E-state index is 0.0888. The Labute approximate surface area is 99.6 Å². The molecule has 16 heavy (non-hydrogen) atoms. The summed E-state index contributed by atoms with van der Waals surface area (Å²) in [6, 6.07) is 0. The van der Waals surface area contributed by atoms with Crippen molar-refractivity contribution in [2.45, 2.75) is 64.1 Å². The van der Waals surface area contributed by atoms with Gasteiger partial charge in [-0.1, -0.05) is 20.8 Å². The molecule has 94 valence electrons. The van der Waals surface area contributed by atoms with Crippen molar-refractivity contribution in [2.75, 3.05) is 0 Å². The summed E-state index contributed by atoms with van der Waals surface area (Å²) in [6.45, 7) is 12.9. The summed E-state index contributed by atoms with van der Waals surface area (Å²) in [5, 5.41) is 10.0. The van der Waals surface area contributed by atoms with Gasteiger partial charge in [-0.15, -0.1) is 0 Å². The average Bonchev–Trinajstić information content (AvgIpc) is 2.10. The second kappa shape index (κ2) is 4.51. The fourth-order valence-electron chi connectivity index (χ4n) is 1.40. The Bertz CT molecular complexity index is 268. The van der Waals surface area contributed by atoms with E-state index in [4.69, 9.17) is 9.16 Å². The fraction of sp³-hybridized carbons (Fsp3) is 0.833. The number of hydrogen-bond acceptors (Lipinski definition) is 3. The lowest BCUT2D eigenvalue weighted by atomic mass is 10.1. The highest BCUT2D eigenvalue weighted by Gasteiger charge is 2.42. The van der Waals surface area contributed by atoms with Gasteiger partial charge in [0.25, 0.3) is 0 Å². The molecule has 0 unspecified atom stereocenters. The van der Waals surface area contributed by atoms with Gasteiger partial charge in [0.1, 0.15) is 18.3 Å². The van der Waals surface area contributed by atoms with Crippen LogP contribution in [-0.2, 0) is 9.16 Å². The average molecular weight is 244 g/mol. The molecule has 0 radical (unpaired) electrons. The molecule has 1 rings (SSSR count). The monoisotopic (exact) mass is 244 g/mol. The molecule has 1 N–H and O–H groups in total. The van der Waals surface area contributed by atoms with Gasteiger partial charge in [-0.05, 0) is 31.1 Å². The van der Waals surface area contributed by atoms with Crippen molar-refractivity contribution in [3.05, 3.63) is 12.3 Å². The first kappa shape index (κ1) is 13.7. The van der Waals surface area contributed by atoms with Gasteiger partial charge >= 0.3 is 0 Å². The van der Waals surface area contributed by atoms with Gasteiger partial charge in [-0.2, -0.15) is 0 Å². The summed E-state index contributed by atoms with van der Waals surface area (Å²) in [5.41, 5.74) is 0. The molecule has 0 spiro atoms. The van der Waals surface area contributed by atoms with Crippen LogP contribution in [0.1, 0.15) is 27.7 Å². The van der Waals surface area contributed by atoms with Crippen molar-refractivity contribution in [3.63, 3.8) is 0 Å². The van der Waals surface area contributed by atoms with E-state index >= 15 is 0 Å². The van der Waals surface area contributed by atoms with Crippen molar-refractivity contribution in [2.24, 2.45) is 0 Å². The summed E-state index contributed by atoms with van der Waals surface area (Å²) in [5.74, 6) is 0. The molecule has 4 heteroatoms. The van der Waals surface area contributed by atoms with Gasteiger partial charge in [0.15, 0.2) is 8.32 Å². The van der Waals surface area contributed by atoms with Crippen molar-refractivity contribution in [1.82, 2.24) is 0 Å². The Balaban J connectivity index is 2.76. The van der Waals surface area contributed by atoms with Gasteiger partial charge in [-0.25, -0.2) is 0 Å². The third-order valence-electron chi connectivity index (χ3n) is 3.61. The second-order valence-corrected chi connectivity index (χ2v) is 10.8. The number of hydrogen-bond donors (Lipinski definition) is 1. The van der Waals surface area contributed by atoms with Crippen LogP contribution in [0.5, 0.6) is 0 Å². The number of rotatable bonds is 2. The Morgan fingerprint density at radius 2 is 1.88 bits per heavy atom. The normalized spacial score (nSPS) is 31.3. The largest absolute Gasteiger partial charge is 0.496 e. The Hall–Kier alpha value is -0.323. The summed E-state index contributed by atoms with van der Waals surface area (Å²) in [6.07, 6.45) is 2.32. The van der Waals surface area contributed by atoms with E-state index in [0.29, 0.717) is 0 Å². The first-order valence-electron chi connectivity index (χ1n) is 5.83. The van der Waals surface area contributed by atoms with Gasteiger partial charge in [-0.3, -0.25) is 0 Å². The quantitative estimate of drug-likeness (QED) is 0.759. The van der Waals surface area contributed by atoms with Gasteiger partial charge in [0.2, 0.25) is 0 Å². The molecule has 0 amide bonds. The van der Waals surface area contributed by atoms with Crippen LogP contribution in [0.2, 0.25) is 18.1 Å². The van der Waals surface area contributed by atoms with E-state index in [-0.39, 0.29) is 17.2 Å². The Kier molecular flexibility index (Phi) is 3.87. The van der Waals surface area contributed by atoms with E-state index in [9.17, 15) is 5.11 Å². The van der Waals surface area contributed by atoms with E-state index in [0.717, 1.165) is 0 Å². The minimum atomic E-state index is -1.85. The third kappa shape index (κ3) is 2.87. The molecule has 1 aliphatic heterocycles. The van der Waals surface area contributed by atoms with Crippen molar-refractivity contribution < 1.29 is 14.3 Å². The highest BCUT2D eigenvalue weighted by atomic mass is 28.4. The molecule has 1 aliphatic rings. The van der Waals surface area contributed by atoms with Crippen LogP contribution in [-0.4, -0.2) is 31.7 Å². The molecule has 0 fully saturated rings. The van der Waals surface area contributed by atoms with E-state index in [1.54, 1.807) is 12.3 Å². The first-order chi connectivity index (χ1) is 7.15. The predicted molar refractivity (Wildman–Crippen MR) is 67.8 cm³/mol. The van der Waals surface area contributed by atoms with Crippen LogP contribution in [0.3, 0.4) is 0 Å². The zero-order valence-corrected chi connectivity index (χ0v) is 12.2. The SMILES string of the molecule is C[C@@H]1OC=C[C@H](O)[C@H]1O[Si](C)(C)C(C)(C)C. The standard InChI is InChI=1S/C12H24O3Si/c1-9-11(10(13)7-8-14-9)15-16(5,6)12(2,3)4/h7-11,13H,1-6H3/t9-,10-,11-/m0/s1. The minimum Gasteiger partial charge on any atom is -0.496 e. The van der Waals surface area contributed by atoms with Gasteiger partial charge in [0, 0.05) is 0 Å². The van der Waals surface area contributed by atoms with Crippen molar-refractivity contribution in [3.8, 4) is 0 Å². The van der Waals surface area contributed by atoms with Crippen LogP contribution >= 0.6 is 0 Å². The molecular formula is C12H24O3Si. The maximum atomic E-state index is 9.90. The molecule has 0 saturated heterocycles. The van der Waals surface area contributed by atoms with Crippen molar-refractivity contribution >= 4 is 8.32 Å². The van der Waals surface area contributed by atoms with E-state index < -0.39 is 14.4 Å². The highest BCUT2D eigenvalue weighted by molar-refractivity contribution is 6.74. The smallest absolute Gasteiger partial charge is 0.192 e. The van der Waals surface area contributed by atoms with Crippen LogP contribution in [0.4, 0.5) is 0 Å². The van der Waals surface area contributed by atoms with Crippen LogP contribution in [0.25, 0.3) is 0 Å². The van der Waals surface area contributed by atoms with E-state index in [1.165, 1.54) is 0 Å². The molecule has 0 bridgehead atoms. The van der Waals surface area contributed by atoms with E-state index in [1.807, 2.05) is 6.92 Å². The molecule has 1 heterocycles. The van der Waals surface area contributed by atoms with Crippen LogP contribution in [0, 0.1) is 0 Å². The molecule has 0 aromatic carbocycles. The maximum Gasteiger partial charge on any atom is 0.192 e. The molecule has 0 aliphatic carbocycles. The summed E-state index contributed by atoms with van der Waals surface area (Å²) in [7, 11) is -1.85. The summed E-state index contributed by atoms with van der Waals surface area (Å²) < 4.78 is 11.6. The number of aliphatic hydroxyl groups excluding tert-OH is 1. The fourth-order valence-corrected chi connectivity index (χ4v) is 2.76. The molecule has 0 aromatic heterocycles. The third-order valence-corrected chi connectivity index (χ3v) is 8.08. The van der Waals surface area contributed by atoms with Gasteiger partial charge in [0.05, 0.1) is 6.26 Å². The molecule has 3 nitrogen and oxygen atoms in total. The number of aliphatic hydroxyl groups is 1. The highest BCUT2D eigenvalue weighted by Crippen LogP contribution is 2.38. The molecular weight excluding hydrogens is 220 g/mol. The molecule has 0 saturated carbocycles. The maximum absolute atomic E-state index is 9.90. The number of ether oxygens (including phenoxy) is 1. The zero-order valence-electron chi connectivity index (χ0n) is 11.2. The van der Waals surface area contributed by atoms with Gasteiger partial charge < -0.3 is 14.3 Å².